The summed E-state index contributed by atoms with van der Waals surface area (Å²) in [5, 5.41) is 9.92. The number of ketones is 2. The zero-order valence-electron chi connectivity index (χ0n) is 18.5. The molecule has 160 valence electrons. The van der Waals surface area contributed by atoms with Crippen LogP contribution in [0.3, 0.4) is 0 Å². The van der Waals surface area contributed by atoms with Gasteiger partial charge in [-0.3, -0.25) is 19.2 Å². The highest BCUT2D eigenvalue weighted by Crippen LogP contribution is 2.54. The molecule has 0 aliphatic rings. The summed E-state index contributed by atoms with van der Waals surface area (Å²) in [6.45, 7) is 12.5. The first-order valence-electron chi connectivity index (χ1n) is 9.60. The summed E-state index contributed by atoms with van der Waals surface area (Å²) in [5.41, 5.74) is -3.41. The number of hydrogen-bond donors (Lipinski definition) is 1. The zero-order chi connectivity index (χ0) is 22.8. The Kier molecular flexibility index (Phi) is 7.17. The Hall–Kier alpha value is -2.50. The lowest BCUT2D eigenvalue weighted by molar-refractivity contribution is -0.182. The van der Waals surface area contributed by atoms with E-state index in [1.54, 1.807) is 71.9 Å². The smallest absolute Gasteiger partial charge is 0.321 e. The van der Waals surface area contributed by atoms with Crippen molar-refractivity contribution in [2.24, 2.45) is 16.7 Å². The van der Waals surface area contributed by atoms with E-state index in [4.69, 9.17) is 4.74 Å². The van der Waals surface area contributed by atoms with E-state index in [2.05, 4.69) is 0 Å². The highest BCUT2D eigenvalue weighted by molar-refractivity contribution is 6.08. The number of hydrogen-bond acceptors (Lipinski definition) is 5. The van der Waals surface area contributed by atoms with Crippen LogP contribution in [-0.4, -0.2) is 34.2 Å². The first-order chi connectivity index (χ1) is 13.1. The number of aliphatic carboxylic acids is 1. The molecule has 3 atom stereocenters. The standard InChI is InChI=1S/C23H32O6/c1-14(24)17(19(26)27)18(16-12-10-9-11-13-16)23(15(2)25,21(3,4)5)20(28)29-22(6,7)8/h9-13,17-18H,1-8H3,(H,26,27). The van der Waals surface area contributed by atoms with Crippen molar-refractivity contribution < 1.29 is 29.0 Å². The van der Waals surface area contributed by atoms with Crippen LogP contribution >= 0.6 is 0 Å². The molecule has 0 heterocycles. The summed E-state index contributed by atoms with van der Waals surface area (Å²) >= 11 is 0. The molecule has 0 aliphatic heterocycles. The molecule has 0 radical (unpaired) electrons. The molecule has 1 rings (SSSR count). The van der Waals surface area contributed by atoms with Gasteiger partial charge in [0, 0.05) is 5.92 Å². The average Bonchev–Trinajstić information content (AvgIpc) is 2.51. The number of esters is 1. The van der Waals surface area contributed by atoms with Gasteiger partial charge in [0.05, 0.1) is 0 Å². The van der Waals surface area contributed by atoms with Crippen molar-refractivity contribution in [3.8, 4) is 0 Å². The van der Waals surface area contributed by atoms with E-state index in [1.807, 2.05) is 0 Å². The SMILES string of the molecule is CC(=O)C(C(=O)O)C(c1ccccc1)C(C(C)=O)(C(=O)OC(C)(C)C)C(C)(C)C. The minimum absolute atomic E-state index is 0.422. The Morgan fingerprint density at radius 2 is 1.38 bits per heavy atom. The number of benzene rings is 1. The molecule has 0 spiro atoms. The molecule has 1 aromatic rings. The maximum absolute atomic E-state index is 13.6. The number of rotatable bonds is 7. The quantitative estimate of drug-likeness (QED) is 0.544. The molecule has 3 unspecified atom stereocenters. The van der Waals surface area contributed by atoms with Crippen molar-refractivity contribution in [3.63, 3.8) is 0 Å². The van der Waals surface area contributed by atoms with Crippen LogP contribution in [0, 0.1) is 16.7 Å². The number of carboxylic acids is 1. The molecule has 1 aromatic carbocycles. The minimum Gasteiger partial charge on any atom is -0.481 e. The average molecular weight is 405 g/mol. The number of carboxylic acid groups (broad SMARTS) is 1. The van der Waals surface area contributed by atoms with E-state index in [1.165, 1.54) is 6.92 Å². The van der Waals surface area contributed by atoms with Gasteiger partial charge in [0.25, 0.3) is 0 Å². The highest BCUT2D eigenvalue weighted by Gasteiger charge is 2.63. The fourth-order valence-corrected chi connectivity index (χ4v) is 4.05. The second-order valence-corrected chi connectivity index (χ2v) is 9.43. The van der Waals surface area contributed by atoms with Gasteiger partial charge in [-0.25, -0.2) is 0 Å². The summed E-state index contributed by atoms with van der Waals surface area (Å²) in [7, 11) is 0. The first-order valence-corrected chi connectivity index (χ1v) is 9.60. The van der Waals surface area contributed by atoms with Crippen LogP contribution in [0.2, 0.25) is 0 Å². The van der Waals surface area contributed by atoms with Crippen molar-refractivity contribution in [2.75, 3.05) is 0 Å². The van der Waals surface area contributed by atoms with Gasteiger partial charge < -0.3 is 9.84 Å². The molecule has 6 heteroatoms. The van der Waals surface area contributed by atoms with Crippen LogP contribution < -0.4 is 0 Å². The van der Waals surface area contributed by atoms with Crippen LogP contribution in [0.1, 0.15) is 66.9 Å². The zero-order valence-corrected chi connectivity index (χ0v) is 18.5. The summed E-state index contributed by atoms with van der Waals surface area (Å²) < 4.78 is 5.64. The predicted octanol–water partition coefficient (Wildman–Crippen LogP) is 4.02. The molecule has 0 saturated carbocycles. The molecule has 1 N–H and O–H groups in total. The van der Waals surface area contributed by atoms with Crippen molar-refractivity contribution >= 4 is 23.5 Å². The lowest BCUT2D eigenvalue weighted by Gasteiger charge is -2.48. The summed E-state index contributed by atoms with van der Waals surface area (Å²) in [6, 6.07) is 8.38. The van der Waals surface area contributed by atoms with E-state index < -0.39 is 51.8 Å². The highest BCUT2D eigenvalue weighted by atomic mass is 16.6. The second kappa shape index (κ2) is 8.47. The maximum Gasteiger partial charge on any atom is 0.321 e. The largest absolute Gasteiger partial charge is 0.481 e. The fourth-order valence-electron chi connectivity index (χ4n) is 4.05. The predicted molar refractivity (Wildman–Crippen MR) is 109 cm³/mol. The van der Waals surface area contributed by atoms with Crippen molar-refractivity contribution in [1.29, 1.82) is 0 Å². The van der Waals surface area contributed by atoms with E-state index >= 15 is 0 Å². The van der Waals surface area contributed by atoms with Crippen LogP contribution in [0.25, 0.3) is 0 Å². The molecular formula is C23H32O6. The monoisotopic (exact) mass is 404 g/mol. The van der Waals surface area contributed by atoms with Gasteiger partial charge in [-0.1, -0.05) is 51.1 Å². The maximum atomic E-state index is 13.6. The lowest BCUT2D eigenvalue weighted by atomic mass is 9.52. The van der Waals surface area contributed by atoms with Crippen LogP contribution in [0.15, 0.2) is 30.3 Å². The minimum atomic E-state index is -1.89. The number of carbonyl (C=O) groups excluding carboxylic acids is 3. The number of Topliss-reactive ketones (excluding diaryl/α,β-unsaturated/α-hetero) is 2. The van der Waals surface area contributed by atoms with E-state index in [0.29, 0.717) is 5.56 Å². The third-order valence-corrected chi connectivity index (χ3v) is 5.12. The fraction of sp³-hybridized carbons (Fsp3) is 0.565. The summed E-state index contributed by atoms with van der Waals surface area (Å²) in [6.07, 6.45) is 0. The van der Waals surface area contributed by atoms with Gasteiger partial charge in [0.15, 0.2) is 0 Å². The van der Waals surface area contributed by atoms with E-state index in [9.17, 15) is 24.3 Å². The topological polar surface area (TPSA) is 97.7 Å². The third kappa shape index (κ3) is 4.92. The van der Waals surface area contributed by atoms with Gasteiger partial charge in [-0.15, -0.1) is 0 Å². The van der Waals surface area contributed by atoms with Crippen LogP contribution in [-0.2, 0) is 23.9 Å². The Bertz CT molecular complexity index is 768. The Labute approximate surface area is 172 Å². The molecule has 0 amide bonds. The molecule has 6 nitrogen and oxygen atoms in total. The Morgan fingerprint density at radius 3 is 1.69 bits per heavy atom. The van der Waals surface area contributed by atoms with Gasteiger partial charge in [0.1, 0.15) is 28.5 Å². The molecule has 0 bridgehead atoms. The van der Waals surface area contributed by atoms with Gasteiger partial charge in [-0.2, -0.15) is 0 Å². The molecule has 0 saturated heterocycles. The van der Waals surface area contributed by atoms with Crippen LogP contribution in [0.4, 0.5) is 0 Å². The Balaban J connectivity index is 4.04. The van der Waals surface area contributed by atoms with Crippen molar-refractivity contribution in [2.45, 2.75) is 66.9 Å². The normalized spacial score (nSPS) is 16.3. The van der Waals surface area contributed by atoms with Gasteiger partial charge in [0.2, 0.25) is 0 Å². The van der Waals surface area contributed by atoms with Gasteiger partial charge >= 0.3 is 11.9 Å². The van der Waals surface area contributed by atoms with E-state index in [-0.39, 0.29) is 0 Å². The molecular weight excluding hydrogens is 372 g/mol. The second-order valence-electron chi connectivity index (χ2n) is 9.43. The van der Waals surface area contributed by atoms with Crippen LogP contribution in [0.5, 0.6) is 0 Å². The first kappa shape index (κ1) is 24.5. The molecule has 0 fully saturated rings. The van der Waals surface area contributed by atoms with Gasteiger partial charge in [-0.05, 0) is 45.6 Å². The van der Waals surface area contributed by atoms with Crippen molar-refractivity contribution in [1.82, 2.24) is 0 Å². The third-order valence-electron chi connectivity index (χ3n) is 5.12. The van der Waals surface area contributed by atoms with E-state index in [0.717, 1.165) is 6.92 Å². The molecule has 0 aliphatic carbocycles. The molecule has 0 aromatic heterocycles. The number of carbonyl (C=O) groups is 4. The number of ether oxygens (including phenoxy) is 1. The summed E-state index contributed by atoms with van der Waals surface area (Å²) in [4.78, 5) is 51.4. The molecule has 29 heavy (non-hydrogen) atoms. The Morgan fingerprint density at radius 1 is 0.897 bits per heavy atom. The lowest BCUT2D eigenvalue weighted by Crippen LogP contribution is -2.58. The summed E-state index contributed by atoms with van der Waals surface area (Å²) in [5.74, 6) is -6.21. The van der Waals surface area contributed by atoms with Crippen molar-refractivity contribution in [3.05, 3.63) is 35.9 Å².